The number of nitrogens with one attached hydrogen (secondary N) is 1. The largest absolute Gasteiger partial charge is 0.341 e. The number of H-pyrrole nitrogens is 1. The quantitative estimate of drug-likeness (QED) is 0.771. The molecule has 2 aromatic carbocycles. The summed E-state index contributed by atoms with van der Waals surface area (Å²) in [6.07, 6.45) is 2.62. The molecule has 1 aromatic heterocycles. The Hall–Kier alpha value is -2.89. The molecular weight excluding hydrogens is 345 g/mol. The van der Waals surface area contributed by atoms with Crippen LogP contribution in [0.4, 0.5) is 4.39 Å². The van der Waals surface area contributed by atoms with Gasteiger partial charge in [0.15, 0.2) is 0 Å². The average molecular weight is 367 g/mol. The predicted molar refractivity (Wildman–Crippen MR) is 102 cm³/mol. The second-order valence-corrected chi connectivity index (χ2v) is 7.19. The fourth-order valence-electron chi connectivity index (χ4n) is 3.88. The molecule has 0 radical (unpaired) electrons. The predicted octanol–water partition coefficient (Wildman–Crippen LogP) is 2.95. The number of hydrogen-bond donors (Lipinski definition) is 1. The second kappa shape index (κ2) is 7.39. The van der Waals surface area contributed by atoms with Gasteiger partial charge in [-0.1, -0.05) is 24.3 Å². The standard InChI is InChI=1S/C21H22FN3O2/c22-17-5-3-4-16(13-17)12-15-8-10-24(11-9-15)20(26)14-25-19-7-2-1-6-18(19)23-21(25)27/h1-7,13,15H,8-12,14H2,(H,23,27). The zero-order valence-corrected chi connectivity index (χ0v) is 15.0. The highest BCUT2D eigenvalue weighted by atomic mass is 19.1. The molecule has 6 heteroatoms. The third kappa shape index (κ3) is 3.79. The first-order chi connectivity index (χ1) is 13.1. The summed E-state index contributed by atoms with van der Waals surface area (Å²) in [5.74, 6) is 0.210. The molecule has 0 spiro atoms. The van der Waals surface area contributed by atoms with Gasteiger partial charge in [-0.25, -0.2) is 9.18 Å². The number of likely N-dealkylation sites (tertiary alicyclic amines) is 1. The highest BCUT2D eigenvalue weighted by molar-refractivity contribution is 5.80. The van der Waals surface area contributed by atoms with Crippen molar-refractivity contribution < 1.29 is 9.18 Å². The zero-order chi connectivity index (χ0) is 18.8. The van der Waals surface area contributed by atoms with Crippen LogP contribution < -0.4 is 5.69 Å². The molecule has 0 saturated carbocycles. The Morgan fingerprint density at radius 3 is 2.67 bits per heavy atom. The summed E-state index contributed by atoms with van der Waals surface area (Å²) in [6, 6.07) is 14.1. The van der Waals surface area contributed by atoms with Crippen LogP contribution in [0, 0.1) is 11.7 Å². The van der Waals surface area contributed by atoms with E-state index >= 15 is 0 Å². The molecule has 5 nitrogen and oxygen atoms in total. The van der Waals surface area contributed by atoms with E-state index in [1.165, 1.54) is 10.6 Å². The summed E-state index contributed by atoms with van der Waals surface area (Å²) in [7, 11) is 0. The van der Waals surface area contributed by atoms with Crippen molar-refractivity contribution >= 4 is 16.9 Å². The molecular formula is C21H22FN3O2. The Morgan fingerprint density at radius 1 is 1.11 bits per heavy atom. The number of piperidine rings is 1. The van der Waals surface area contributed by atoms with Crippen LogP contribution in [0.3, 0.4) is 0 Å². The van der Waals surface area contributed by atoms with Gasteiger partial charge >= 0.3 is 5.69 Å². The average Bonchev–Trinajstić information content (AvgIpc) is 2.98. The smallest absolute Gasteiger partial charge is 0.326 e. The number of aromatic nitrogens is 2. The van der Waals surface area contributed by atoms with Crippen molar-refractivity contribution in [1.82, 2.24) is 14.5 Å². The van der Waals surface area contributed by atoms with Crippen molar-refractivity contribution in [1.29, 1.82) is 0 Å². The molecule has 1 aliphatic heterocycles. The topological polar surface area (TPSA) is 58.1 Å². The van der Waals surface area contributed by atoms with E-state index in [1.54, 1.807) is 12.1 Å². The van der Waals surface area contributed by atoms with E-state index in [0.717, 1.165) is 35.9 Å². The van der Waals surface area contributed by atoms with Crippen LogP contribution in [0.5, 0.6) is 0 Å². The monoisotopic (exact) mass is 367 g/mol. The van der Waals surface area contributed by atoms with E-state index in [2.05, 4.69) is 4.98 Å². The third-order valence-corrected chi connectivity index (χ3v) is 5.36. The first kappa shape index (κ1) is 17.5. The fourth-order valence-corrected chi connectivity index (χ4v) is 3.88. The Morgan fingerprint density at radius 2 is 1.89 bits per heavy atom. The molecule has 140 valence electrons. The van der Waals surface area contributed by atoms with Crippen molar-refractivity contribution in [3.05, 3.63) is 70.4 Å². The maximum Gasteiger partial charge on any atom is 0.326 e. The van der Waals surface area contributed by atoms with E-state index in [4.69, 9.17) is 0 Å². The number of rotatable bonds is 4. The molecule has 0 bridgehead atoms. The Labute approximate surface area is 156 Å². The number of para-hydroxylation sites is 2. The lowest BCUT2D eigenvalue weighted by Crippen LogP contribution is -2.41. The number of carbonyl (C=O) groups is 1. The van der Waals surface area contributed by atoms with Crippen LogP contribution in [0.25, 0.3) is 11.0 Å². The number of benzene rings is 2. The van der Waals surface area contributed by atoms with E-state index in [0.29, 0.717) is 19.0 Å². The number of imidazole rings is 1. The van der Waals surface area contributed by atoms with Crippen LogP contribution in [0.1, 0.15) is 18.4 Å². The minimum absolute atomic E-state index is 0.0361. The number of nitrogens with zero attached hydrogens (tertiary/aromatic N) is 2. The first-order valence-corrected chi connectivity index (χ1v) is 9.30. The van der Waals surface area contributed by atoms with Crippen molar-refractivity contribution in [2.24, 2.45) is 5.92 Å². The molecule has 1 saturated heterocycles. The number of aromatic amines is 1. The summed E-state index contributed by atoms with van der Waals surface area (Å²) in [6.45, 7) is 1.41. The maximum absolute atomic E-state index is 13.3. The molecule has 1 aliphatic rings. The fraction of sp³-hybridized carbons (Fsp3) is 0.333. The van der Waals surface area contributed by atoms with Crippen LogP contribution in [0.15, 0.2) is 53.3 Å². The van der Waals surface area contributed by atoms with Crippen LogP contribution in [-0.4, -0.2) is 33.4 Å². The number of carbonyl (C=O) groups excluding carboxylic acids is 1. The lowest BCUT2D eigenvalue weighted by Gasteiger charge is -2.32. The molecule has 4 rings (SSSR count). The highest BCUT2D eigenvalue weighted by Crippen LogP contribution is 2.22. The van der Waals surface area contributed by atoms with Crippen molar-refractivity contribution in [2.75, 3.05) is 13.1 Å². The minimum Gasteiger partial charge on any atom is -0.341 e. The molecule has 0 atom stereocenters. The van der Waals surface area contributed by atoms with Crippen LogP contribution in [-0.2, 0) is 17.8 Å². The highest BCUT2D eigenvalue weighted by Gasteiger charge is 2.24. The van der Waals surface area contributed by atoms with Gasteiger partial charge in [-0.2, -0.15) is 0 Å². The van der Waals surface area contributed by atoms with E-state index in [9.17, 15) is 14.0 Å². The van der Waals surface area contributed by atoms with Gasteiger partial charge in [0, 0.05) is 13.1 Å². The molecule has 0 aliphatic carbocycles. The summed E-state index contributed by atoms with van der Waals surface area (Å²) in [5, 5.41) is 0. The van der Waals surface area contributed by atoms with E-state index < -0.39 is 0 Å². The maximum atomic E-state index is 13.3. The Bertz CT molecular complexity index is 1020. The van der Waals surface area contributed by atoms with Gasteiger partial charge in [0.2, 0.25) is 5.91 Å². The second-order valence-electron chi connectivity index (χ2n) is 7.19. The summed E-state index contributed by atoms with van der Waals surface area (Å²) in [4.78, 5) is 29.4. The van der Waals surface area contributed by atoms with Gasteiger partial charge in [-0.3, -0.25) is 9.36 Å². The lowest BCUT2D eigenvalue weighted by atomic mass is 9.90. The van der Waals surface area contributed by atoms with E-state index in [1.807, 2.05) is 35.2 Å². The molecule has 0 unspecified atom stereocenters. The molecule has 1 N–H and O–H groups in total. The van der Waals surface area contributed by atoms with Crippen molar-refractivity contribution in [3.63, 3.8) is 0 Å². The SMILES string of the molecule is O=C(Cn1c(=O)[nH]c2ccccc21)N1CCC(Cc2cccc(F)c2)CC1. The molecule has 27 heavy (non-hydrogen) atoms. The number of hydrogen-bond acceptors (Lipinski definition) is 2. The summed E-state index contributed by atoms with van der Waals surface area (Å²) >= 11 is 0. The summed E-state index contributed by atoms with van der Waals surface area (Å²) < 4.78 is 14.8. The van der Waals surface area contributed by atoms with Gasteiger partial charge in [-0.05, 0) is 55.0 Å². The van der Waals surface area contributed by atoms with Gasteiger partial charge in [0.05, 0.1) is 11.0 Å². The third-order valence-electron chi connectivity index (χ3n) is 5.36. The number of amides is 1. The van der Waals surface area contributed by atoms with Crippen LogP contribution >= 0.6 is 0 Å². The molecule has 3 aromatic rings. The molecule has 1 amide bonds. The Balaban J connectivity index is 1.37. The number of fused-ring (bicyclic) bond motifs is 1. The minimum atomic E-state index is -0.259. The van der Waals surface area contributed by atoms with Gasteiger partial charge in [0.25, 0.3) is 0 Å². The number of halogens is 1. The van der Waals surface area contributed by atoms with Crippen LogP contribution in [0.2, 0.25) is 0 Å². The summed E-state index contributed by atoms with van der Waals surface area (Å²) in [5.41, 5.74) is 2.23. The first-order valence-electron chi connectivity index (χ1n) is 9.30. The normalized spacial score (nSPS) is 15.4. The Kier molecular flexibility index (Phi) is 4.79. The van der Waals surface area contributed by atoms with E-state index in [-0.39, 0.29) is 24.0 Å². The van der Waals surface area contributed by atoms with Gasteiger partial charge in [-0.15, -0.1) is 0 Å². The van der Waals surface area contributed by atoms with Gasteiger partial charge < -0.3 is 9.88 Å². The lowest BCUT2D eigenvalue weighted by molar-refractivity contribution is -0.133. The molecule has 1 fully saturated rings. The van der Waals surface area contributed by atoms with Gasteiger partial charge in [0.1, 0.15) is 12.4 Å². The van der Waals surface area contributed by atoms with Crippen molar-refractivity contribution in [3.8, 4) is 0 Å². The zero-order valence-electron chi connectivity index (χ0n) is 15.0. The van der Waals surface area contributed by atoms with Crippen molar-refractivity contribution in [2.45, 2.75) is 25.8 Å². The molecule has 2 heterocycles.